The maximum Gasteiger partial charge on any atom is 0.321 e. The van der Waals surface area contributed by atoms with Gasteiger partial charge in [0.15, 0.2) is 6.54 Å². The molecule has 1 aliphatic rings. The van der Waals surface area contributed by atoms with Crippen LogP contribution in [0.5, 0.6) is 0 Å². The third-order valence-corrected chi connectivity index (χ3v) is 3.78. The number of carbonyl (C=O) groups is 2. The zero-order valence-corrected chi connectivity index (χ0v) is 13.6. The number of amides is 3. The van der Waals surface area contributed by atoms with Gasteiger partial charge in [-0.15, -0.1) is 0 Å². The molecule has 0 bridgehead atoms. The molecule has 1 unspecified atom stereocenters. The quantitative estimate of drug-likeness (QED) is 0.728. The molecule has 0 spiro atoms. The van der Waals surface area contributed by atoms with Crippen LogP contribution < -0.4 is 15.5 Å². The number of carbonyl (C=O) groups excluding carboxylic acids is 2. The third-order valence-electron chi connectivity index (χ3n) is 3.78. The number of imide groups is 1. The molecule has 1 aromatic rings. The fourth-order valence-corrected chi connectivity index (χ4v) is 2.33. The van der Waals surface area contributed by atoms with E-state index in [2.05, 4.69) is 48.7 Å². The highest BCUT2D eigenvalue weighted by Crippen LogP contribution is 2.18. The molecule has 1 fully saturated rings. The van der Waals surface area contributed by atoms with Crippen LogP contribution in [0, 0.1) is 0 Å². The number of hydrogen-bond acceptors (Lipinski definition) is 2. The van der Waals surface area contributed by atoms with Gasteiger partial charge in [0.05, 0.1) is 7.05 Å². The molecular formula is C17H26N3O2+. The van der Waals surface area contributed by atoms with E-state index in [1.165, 1.54) is 11.1 Å². The van der Waals surface area contributed by atoms with Gasteiger partial charge in [0.1, 0.15) is 6.54 Å². The predicted octanol–water partition coefficient (Wildman–Crippen LogP) is 0.813. The van der Waals surface area contributed by atoms with Crippen LogP contribution in [0.3, 0.4) is 0 Å². The van der Waals surface area contributed by atoms with E-state index in [-0.39, 0.29) is 24.5 Å². The molecule has 0 aliphatic heterocycles. The molecule has 3 N–H and O–H groups in total. The fourth-order valence-electron chi connectivity index (χ4n) is 2.33. The third kappa shape index (κ3) is 5.48. The lowest BCUT2D eigenvalue weighted by Crippen LogP contribution is -3.09. The van der Waals surface area contributed by atoms with E-state index in [0.717, 1.165) is 24.3 Å². The molecule has 1 aromatic carbocycles. The first-order valence-electron chi connectivity index (χ1n) is 7.94. The molecule has 22 heavy (non-hydrogen) atoms. The van der Waals surface area contributed by atoms with Crippen molar-refractivity contribution < 1.29 is 14.5 Å². The Balaban J connectivity index is 1.75. The number of nitrogens with one attached hydrogen (secondary N) is 3. The Bertz CT molecular complexity index is 521. The molecule has 120 valence electrons. The molecule has 1 saturated carbocycles. The number of hydrogen-bond donors (Lipinski definition) is 3. The van der Waals surface area contributed by atoms with Crippen molar-refractivity contribution in [2.45, 2.75) is 45.2 Å². The van der Waals surface area contributed by atoms with Crippen LogP contribution in [-0.4, -0.2) is 31.6 Å². The summed E-state index contributed by atoms with van der Waals surface area (Å²) < 4.78 is 0. The number of urea groups is 1. The van der Waals surface area contributed by atoms with Gasteiger partial charge in [-0.05, 0) is 24.3 Å². The van der Waals surface area contributed by atoms with Gasteiger partial charge in [0, 0.05) is 11.6 Å². The standard InChI is InChI=1S/C17H25N3O2/c1-12(2)14-6-4-13(5-7-14)10-20(3)11-16(21)19-17(22)18-15-8-9-15/h4-7,12,15H,8-11H2,1-3H3,(H2,18,19,21,22)/p+1. The number of rotatable bonds is 6. The molecule has 0 heterocycles. The van der Waals surface area contributed by atoms with Crippen LogP contribution in [0.2, 0.25) is 0 Å². The van der Waals surface area contributed by atoms with Gasteiger partial charge in [-0.2, -0.15) is 0 Å². The molecule has 1 atom stereocenters. The average Bonchev–Trinajstić information content (AvgIpc) is 3.22. The largest absolute Gasteiger partial charge is 0.335 e. The van der Waals surface area contributed by atoms with E-state index in [0.29, 0.717) is 5.92 Å². The number of likely N-dealkylation sites (N-methyl/N-ethyl adjacent to an activating group) is 1. The highest BCUT2D eigenvalue weighted by Gasteiger charge is 2.24. The average molecular weight is 304 g/mol. The summed E-state index contributed by atoms with van der Waals surface area (Å²) in [6, 6.07) is 8.37. The molecule has 5 nitrogen and oxygen atoms in total. The Morgan fingerprint density at radius 3 is 2.41 bits per heavy atom. The molecule has 3 amide bonds. The maximum atomic E-state index is 11.8. The Morgan fingerprint density at radius 2 is 1.86 bits per heavy atom. The van der Waals surface area contributed by atoms with Crippen LogP contribution in [0.15, 0.2) is 24.3 Å². The summed E-state index contributed by atoms with van der Waals surface area (Å²) in [5, 5.41) is 5.13. The Hall–Kier alpha value is -1.88. The summed E-state index contributed by atoms with van der Waals surface area (Å²) in [5.74, 6) is 0.282. The van der Waals surface area contributed by atoms with Crippen LogP contribution >= 0.6 is 0 Å². The van der Waals surface area contributed by atoms with Crippen molar-refractivity contribution in [3.63, 3.8) is 0 Å². The predicted molar refractivity (Wildman–Crippen MR) is 85.7 cm³/mol. The van der Waals surface area contributed by atoms with Gasteiger partial charge >= 0.3 is 6.03 Å². The number of quaternary nitrogens is 1. The topological polar surface area (TPSA) is 62.6 Å². The molecule has 0 radical (unpaired) electrons. The second kappa shape index (κ2) is 7.40. The molecule has 0 aromatic heterocycles. The summed E-state index contributed by atoms with van der Waals surface area (Å²) in [4.78, 5) is 24.3. The SMILES string of the molecule is CC(C)c1ccc(C[NH+](C)CC(=O)NC(=O)NC2CC2)cc1. The summed E-state index contributed by atoms with van der Waals surface area (Å²) in [7, 11) is 1.95. The van der Waals surface area contributed by atoms with Crippen molar-refractivity contribution in [1.29, 1.82) is 0 Å². The second-order valence-corrected chi connectivity index (χ2v) is 6.50. The van der Waals surface area contributed by atoms with E-state index in [4.69, 9.17) is 0 Å². The van der Waals surface area contributed by atoms with Crippen LogP contribution in [0.25, 0.3) is 0 Å². The lowest BCUT2D eigenvalue weighted by atomic mass is 10.0. The first-order chi connectivity index (χ1) is 10.4. The summed E-state index contributed by atoms with van der Waals surface area (Å²) in [6.07, 6.45) is 2.03. The van der Waals surface area contributed by atoms with E-state index in [1.54, 1.807) is 0 Å². The fraction of sp³-hybridized carbons (Fsp3) is 0.529. The highest BCUT2D eigenvalue weighted by atomic mass is 16.2. The maximum absolute atomic E-state index is 11.8. The van der Waals surface area contributed by atoms with Gasteiger partial charge in [0.2, 0.25) is 0 Å². The lowest BCUT2D eigenvalue weighted by molar-refractivity contribution is -0.885. The van der Waals surface area contributed by atoms with Crippen molar-refractivity contribution in [2.75, 3.05) is 13.6 Å². The number of benzene rings is 1. The minimum absolute atomic E-state index is 0.241. The van der Waals surface area contributed by atoms with Gasteiger partial charge in [-0.25, -0.2) is 4.79 Å². The van der Waals surface area contributed by atoms with E-state index < -0.39 is 0 Å². The normalized spacial score (nSPS) is 15.5. The van der Waals surface area contributed by atoms with Gasteiger partial charge in [-0.3, -0.25) is 10.1 Å². The zero-order valence-electron chi connectivity index (χ0n) is 13.6. The highest BCUT2D eigenvalue weighted by molar-refractivity contribution is 5.94. The van der Waals surface area contributed by atoms with Crippen molar-refractivity contribution in [1.82, 2.24) is 10.6 Å². The Morgan fingerprint density at radius 1 is 1.23 bits per heavy atom. The van der Waals surface area contributed by atoms with Crippen LogP contribution in [0.1, 0.15) is 43.7 Å². The summed E-state index contributed by atoms with van der Waals surface area (Å²) >= 11 is 0. The first kappa shape index (κ1) is 16.5. The van der Waals surface area contributed by atoms with E-state index in [1.807, 2.05) is 7.05 Å². The summed E-state index contributed by atoms with van der Waals surface area (Å²) in [5.41, 5.74) is 2.51. The van der Waals surface area contributed by atoms with Gasteiger partial charge < -0.3 is 10.2 Å². The molecule has 1 aliphatic carbocycles. The van der Waals surface area contributed by atoms with Gasteiger partial charge in [-0.1, -0.05) is 38.1 Å². The summed E-state index contributed by atoms with van der Waals surface area (Å²) in [6.45, 7) is 5.38. The lowest BCUT2D eigenvalue weighted by Gasteiger charge is -2.14. The monoisotopic (exact) mass is 304 g/mol. The van der Waals surface area contributed by atoms with Crippen LogP contribution in [-0.2, 0) is 11.3 Å². The van der Waals surface area contributed by atoms with Crippen molar-refractivity contribution >= 4 is 11.9 Å². The zero-order chi connectivity index (χ0) is 16.1. The molecule has 5 heteroatoms. The van der Waals surface area contributed by atoms with Gasteiger partial charge in [0.25, 0.3) is 5.91 Å². The van der Waals surface area contributed by atoms with Crippen molar-refractivity contribution in [3.8, 4) is 0 Å². The van der Waals surface area contributed by atoms with Crippen molar-refractivity contribution in [2.24, 2.45) is 0 Å². The van der Waals surface area contributed by atoms with E-state index >= 15 is 0 Å². The van der Waals surface area contributed by atoms with E-state index in [9.17, 15) is 9.59 Å². The molecule has 2 rings (SSSR count). The van der Waals surface area contributed by atoms with Crippen LogP contribution in [0.4, 0.5) is 4.79 Å². The molecular weight excluding hydrogens is 278 g/mol. The Labute approximate surface area is 132 Å². The first-order valence-corrected chi connectivity index (χ1v) is 7.94. The minimum Gasteiger partial charge on any atom is -0.335 e. The van der Waals surface area contributed by atoms with Crippen molar-refractivity contribution in [3.05, 3.63) is 35.4 Å². The second-order valence-electron chi connectivity index (χ2n) is 6.50. The molecule has 0 saturated heterocycles. The Kier molecular flexibility index (Phi) is 5.55. The smallest absolute Gasteiger partial charge is 0.321 e. The minimum atomic E-state index is -0.374.